The summed E-state index contributed by atoms with van der Waals surface area (Å²) in [5, 5.41) is 12.1. The molecule has 0 radical (unpaired) electrons. The first kappa shape index (κ1) is 27.5. The number of carboxylic acids is 1. The highest BCUT2D eigenvalue weighted by molar-refractivity contribution is 5.79. The summed E-state index contributed by atoms with van der Waals surface area (Å²) in [7, 11) is 0. The topological polar surface area (TPSA) is 105 Å². The number of aliphatic carboxylic acids is 1. The summed E-state index contributed by atoms with van der Waals surface area (Å²) in [6.07, 6.45) is 2.29. The van der Waals surface area contributed by atoms with Crippen LogP contribution in [0, 0.1) is 0 Å². The molecule has 0 bridgehead atoms. The zero-order valence-electron chi connectivity index (χ0n) is 22.4. The van der Waals surface area contributed by atoms with Gasteiger partial charge in [-0.15, -0.1) is 0 Å². The van der Waals surface area contributed by atoms with Crippen LogP contribution in [-0.4, -0.2) is 59.0 Å². The van der Waals surface area contributed by atoms with Crippen molar-refractivity contribution in [1.82, 2.24) is 10.2 Å². The molecule has 4 rings (SSSR count). The number of amides is 2. The fourth-order valence-corrected chi connectivity index (χ4v) is 5.51. The van der Waals surface area contributed by atoms with Crippen molar-refractivity contribution >= 4 is 18.2 Å². The van der Waals surface area contributed by atoms with E-state index in [-0.39, 0.29) is 31.0 Å². The van der Waals surface area contributed by atoms with Crippen LogP contribution in [0.1, 0.15) is 76.3 Å². The predicted molar refractivity (Wildman–Crippen MR) is 144 cm³/mol. The van der Waals surface area contributed by atoms with Gasteiger partial charge in [-0.3, -0.25) is 4.79 Å². The van der Waals surface area contributed by atoms with Crippen molar-refractivity contribution < 1.29 is 29.0 Å². The highest BCUT2D eigenvalue weighted by Gasteiger charge is 2.33. The van der Waals surface area contributed by atoms with Crippen LogP contribution < -0.4 is 5.32 Å². The van der Waals surface area contributed by atoms with Gasteiger partial charge in [-0.05, 0) is 75.1 Å². The molecule has 0 spiro atoms. The molecule has 2 amide bonds. The number of alkyl carbamates (subject to hydrolysis) is 1. The number of nitrogens with one attached hydrogen (secondary N) is 1. The van der Waals surface area contributed by atoms with Gasteiger partial charge in [0.15, 0.2) is 0 Å². The van der Waals surface area contributed by atoms with Crippen molar-refractivity contribution in [3.05, 3.63) is 59.7 Å². The Morgan fingerprint density at radius 1 is 0.947 bits per heavy atom. The second-order valence-corrected chi connectivity index (χ2v) is 11.1. The van der Waals surface area contributed by atoms with Crippen LogP contribution in [0.25, 0.3) is 11.1 Å². The molecule has 0 atom stereocenters. The minimum absolute atomic E-state index is 0.0112. The number of carbonyl (C=O) groups excluding carboxylic acids is 2. The molecular formula is C30H38N2O6. The van der Waals surface area contributed by atoms with Gasteiger partial charge in [0.05, 0.1) is 0 Å². The van der Waals surface area contributed by atoms with E-state index in [1.807, 2.05) is 45.0 Å². The molecule has 0 aliphatic heterocycles. The third kappa shape index (κ3) is 6.85. The first-order chi connectivity index (χ1) is 18.1. The Morgan fingerprint density at radius 2 is 1.53 bits per heavy atom. The van der Waals surface area contributed by atoms with E-state index in [4.69, 9.17) is 14.6 Å². The number of carboxylic acid groups (broad SMARTS) is 1. The molecule has 2 N–H and O–H groups in total. The predicted octanol–water partition coefficient (Wildman–Crippen LogP) is 5.94. The molecule has 0 aromatic heterocycles. The lowest BCUT2D eigenvalue weighted by Crippen LogP contribution is -2.47. The van der Waals surface area contributed by atoms with Gasteiger partial charge in [-0.2, -0.15) is 0 Å². The van der Waals surface area contributed by atoms with Gasteiger partial charge in [0, 0.05) is 31.0 Å². The van der Waals surface area contributed by atoms with Crippen LogP contribution in [0.15, 0.2) is 48.5 Å². The van der Waals surface area contributed by atoms with Gasteiger partial charge in [-0.25, -0.2) is 9.59 Å². The highest BCUT2D eigenvalue weighted by atomic mass is 16.6. The number of carbonyl (C=O) groups is 3. The van der Waals surface area contributed by atoms with Crippen LogP contribution >= 0.6 is 0 Å². The lowest BCUT2D eigenvalue weighted by Gasteiger charge is -2.37. The van der Waals surface area contributed by atoms with Crippen LogP contribution in [0.2, 0.25) is 0 Å². The zero-order chi connectivity index (χ0) is 27.3. The summed E-state index contributed by atoms with van der Waals surface area (Å²) in [5.41, 5.74) is 4.06. The maximum Gasteiger partial charge on any atom is 0.410 e. The second-order valence-electron chi connectivity index (χ2n) is 11.1. The fourth-order valence-electron chi connectivity index (χ4n) is 5.51. The number of rotatable bonds is 8. The fraction of sp³-hybridized carbons (Fsp3) is 0.500. The summed E-state index contributed by atoms with van der Waals surface area (Å²) in [6.45, 7) is 6.02. The van der Waals surface area contributed by atoms with Crippen LogP contribution in [0.5, 0.6) is 0 Å². The Balaban J connectivity index is 1.39. The van der Waals surface area contributed by atoms with E-state index in [1.165, 1.54) is 11.1 Å². The SMILES string of the molecule is CC(C)(C)OC(=O)NC1CCC(N(CCCC(=O)O)C(=O)OCC2c3ccccc3-c3ccccc32)CC1. The standard InChI is InChI=1S/C30H38N2O6/c1-30(2,3)38-28(35)31-20-14-16-21(17-15-20)32(18-8-13-27(33)34)29(36)37-19-26-24-11-6-4-9-22(24)23-10-5-7-12-25(23)26/h4-7,9-12,20-21,26H,8,13-19H2,1-3H3,(H,31,35)(H,33,34). The highest BCUT2D eigenvalue weighted by Crippen LogP contribution is 2.44. The molecule has 38 heavy (non-hydrogen) atoms. The third-order valence-electron chi connectivity index (χ3n) is 7.22. The Morgan fingerprint density at radius 3 is 2.08 bits per heavy atom. The lowest BCUT2D eigenvalue weighted by atomic mass is 9.90. The third-order valence-corrected chi connectivity index (χ3v) is 7.22. The maximum atomic E-state index is 13.4. The molecule has 0 saturated heterocycles. The van der Waals surface area contributed by atoms with E-state index < -0.39 is 23.8 Å². The quantitative estimate of drug-likeness (QED) is 0.445. The second kappa shape index (κ2) is 11.9. The van der Waals surface area contributed by atoms with E-state index in [0.717, 1.165) is 11.1 Å². The van der Waals surface area contributed by atoms with Crippen LogP contribution in [0.4, 0.5) is 9.59 Å². The molecule has 0 heterocycles. The monoisotopic (exact) mass is 522 g/mol. The van der Waals surface area contributed by atoms with Crippen LogP contribution in [0.3, 0.4) is 0 Å². The van der Waals surface area contributed by atoms with E-state index >= 15 is 0 Å². The number of nitrogens with zero attached hydrogens (tertiary/aromatic N) is 1. The number of hydrogen-bond acceptors (Lipinski definition) is 5. The molecular weight excluding hydrogens is 484 g/mol. The largest absolute Gasteiger partial charge is 0.481 e. The normalized spacial score (nSPS) is 18.7. The summed E-state index contributed by atoms with van der Waals surface area (Å²) in [6, 6.07) is 16.3. The van der Waals surface area contributed by atoms with E-state index in [0.29, 0.717) is 38.6 Å². The number of ether oxygens (including phenoxy) is 2. The summed E-state index contributed by atoms with van der Waals surface area (Å²) >= 11 is 0. The molecule has 8 heteroatoms. The zero-order valence-corrected chi connectivity index (χ0v) is 22.4. The van der Waals surface area contributed by atoms with E-state index in [1.54, 1.807) is 4.90 Å². The molecule has 204 valence electrons. The van der Waals surface area contributed by atoms with Crippen molar-refractivity contribution in [3.8, 4) is 11.1 Å². The Kier molecular flexibility index (Phi) is 8.59. The minimum Gasteiger partial charge on any atom is -0.481 e. The van der Waals surface area contributed by atoms with Gasteiger partial charge in [0.25, 0.3) is 0 Å². The molecule has 2 aliphatic carbocycles. The first-order valence-electron chi connectivity index (χ1n) is 13.5. The lowest BCUT2D eigenvalue weighted by molar-refractivity contribution is -0.137. The number of benzene rings is 2. The maximum absolute atomic E-state index is 13.4. The molecule has 1 saturated carbocycles. The molecule has 1 fully saturated rings. The average molecular weight is 523 g/mol. The number of fused-ring (bicyclic) bond motifs is 3. The van der Waals surface area contributed by atoms with Crippen molar-refractivity contribution in [2.24, 2.45) is 0 Å². The van der Waals surface area contributed by atoms with Crippen molar-refractivity contribution in [2.75, 3.05) is 13.2 Å². The van der Waals surface area contributed by atoms with Gasteiger partial charge in [0.2, 0.25) is 0 Å². The van der Waals surface area contributed by atoms with Gasteiger partial charge in [0.1, 0.15) is 12.2 Å². The molecule has 2 aromatic carbocycles. The molecule has 2 aromatic rings. The molecule has 8 nitrogen and oxygen atoms in total. The van der Waals surface area contributed by atoms with Crippen LogP contribution in [-0.2, 0) is 14.3 Å². The summed E-state index contributed by atoms with van der Waals surface area (Å²) < 4.78 is 11.3. The Labute approximate surface area is 224 Å². The Bertz CT molecular complexity index is 1100. The average Bonchev–Trinajstić information content (AvgIpc) is 3.18. The molecule has 2 aliphatic rings. The van der Waals surface area contributed by atoms with Crippen molar-refractivity contribution in [3.63, 3.8) is 0 Å². The minimum atomic E-state index is -0.886. The van der Waals surface area contributed by atoms with Gasteiger partial charge < -0.3 is 24.8 Å². The summed E-state index contributed by atoms with van der Waals surface area (Å²) in [4.78, 5) is 38.4. The molecule has 0 unspecified atom stereocenters. The van der Waals surface area contributed by atoms with Crippen molar-refractivity contribution in [1.29, 1.82) is 0 Å². The smallest absolute Gasteiger partial charge is 0.410 e. The van der Waals surface area contributed by atoms with Gasteiger partial charge in [-0.1, -0.05) is 48.5 Å². The summed E-state index contributed by atoms with van der Waals surface area (Å²) in [5.74, 6) is -0.927. The van der Waals surface area contributed by atoms with E-state index in [9.17, 15) is 14.4 Å². The number of hydrogen-bond donors (Lipinski definition) is 2. The Hall–Kier alpha value is -3.55. The van der Waals surface area contributed by atoms with E-state index in [2.05, 4.69) is 29.6 Å². The van der Waals surface area contributed by atoms with Crippen molar-refractivity contribution in [2.45, 2.75) is 82.9 Å². The first-order valence-corrected chi connectivity index (χ1v) is 13.5. The van der Waals surface area contributed by atoms with Gasteiger partial charge >= 0.3 is 18.2 Å².